The summed E-state index contributed by atoms with van der Waals surface area (Å²) in [6.45, 7) is 9.96. The molecule has 7 heteroatoms. The van der Waals surface area contributed by atoms with Gasteiger partial charge in [0.25, 0.3) is 5.56 Å². The highest BCUT2D eigenvalue weighted by Crippen LogP contribution is 2.28. The van der Waals surface area contributed by atoms with Gasteiger partial charge in [0, 0.05) is 12.1 Å². The molecule has 5 nitrogen and oxygen atoms in total. The lowest BCUT2D eigenvalue weighted by Crippen LogP contribution is -2.45. The molecule has 1 aromatic carbocycles. The minimum atomic E-state index is -0.357. The van der Waals surface area contributed by atoms with Crippen molar-refractivity contribution in [1.82, 2.24) is 14.5 Å². The Balaban J connectivity index is 2.05. The van der Waals surface area contributed by atoms with Crippen LogP contribution in [0.5, 0.6) is 0 Å². The molecule has 0 N–H and O–H groups in total. The lowest BCUT2D eigenvalue weighted by molar-refractivity contribution is -0.133. The zero-order chi connectivity index (χ0) is 20.4. The van der Waals surface area contributed by atoms with E-state index < -0.39 is 0 Å². The van der Waals surface area contributed by atoms with Crippen molar-refractivity contribution < 1.29 is 4.79 Å². The standard InChI is InChI=1S/C21H25N3O2S2/c1-13(2)23(14(3)4)19(25)15(5)28-21-22-18-17(11-12-27-18)20(26)24(21)16-9-7-6-8-10-16/h6-15H,1-5H3/t15-/m1/s1. The molecule has 0 aliphatic rings. The molecule has 0 saturated heterocycles. The maximum absolute atomic E-state index is 13.1. The van der Waals surface area contributed by atoms with Gasteiger partial charge in [0.2, 0.25) is 5.91 Å². The summed E-state index contributed by atoms with van der Waals surface area (Å²) >= 11 is 2.77. The van der Waals surface area contributed by atoms with E-state index in [1.54, 1.807) is 10.6 Å². The fraction of sp³-hybridized carbons (Fsp3) is 0.381. The number of thioether (sulfide) groups is 1. The predicted octanol–water partition coefficient (Wildman–Crippen LogP) is 4.57. The fourth-order valence-corrected chi connectivity index (χ4v) is 5.09. The number of fused-ring (bicyclic) bond motifs is 1. The minimum Gasteiger partial charge on any atom is -0.337 e. The Labute approximate surface area is 173 Å². The van der Waals surface area contributed by atoms with Gasteiger partial charge >= 0.3 is 0 Å². The Bertz CT molecular complexity index is 1020. The molecular weight excluding hydrogens is 390 g/mol. The molecule has 0 radical (unpaired) electrons. The number of amides is 1. The normalized spacial score (nSPS) is 12.7. The average Bonchev–Trinajstić information content (AvgIpc) is 3.10. The third kappa shape index (κ3) is 4.00. The topological polar surface area (TPSA) is 55.2 Å². The van der Waals surface area contributed by atoms with Crippen LogP contribution in [0.2, 0.25) is 0 Å². The lowest BCUT2D eigenvalue weighted by atomic mass is 10.2. The van der Waals surface area contributed by atoms with Crippen LogP contribution in [0.1, 0.15) is 34.6 Å². The molecule has 0 fully saturated rings. The van der Waals surface area contributed by atoms with Crippen LogP contribution in [0, 0.1) is 0 Å². The monoisotopic (exact) mass is 415 g/mol. The predicted molar refractivity (Wildman–Crippen MR) is 118 cm³/mol. The van der Waals surface area contributed by atoms with E-state index in [4.69, 9.17) is 4.98 Å². The molecule has 0 spiro atoms. The summed E-state index contributed by atoms with van der Waals surface area (Å²) in [5.41, 5.74) is 0.643. The van der Waals surface area contributed by atoms with Gasteiger partial charge in [0.1, 0.15) is 4.83 Å². The van der Waals surface area contributed by atoms with E-state index in [1.165, 1.54) is 23.1 Å². The number of hydrogen-bond donors (Lipinski definition) is 0. The van der Waals surface area contributed by atoms with E-state index in [9.17, 15) is 9.59 Å². The van der Waals surface area contributed by atoms with E-state index in [0.717, 1.165) is 5.69 Å². The fourth-order valence-electron chi connectivity index (χ4n) is 3.30. The zero-order valence-electron chi connectivity index (χ0n) is 16.7. The highest BCUT2D eigenvalue weighted by Gasteiger charge is 2.27. The van der Waals surface area contributed by atoms with Crippen molar-refractivity contribution in [2.75, 3.05) is 0 Å². The summed E-state index contributed by atoms with van der Waals surface area (Å²) in [5.74, 6) is 0.0511. The Hall–Kier alpha value is -2.12. The molecule has 0 bridgehead atoms. The minimum absolute atomic E-state index is 0.0511. The molecule has 28 heavy (non-hydrogen) atoms. The summed E-state index contributed by atoms with van der Waals surface area (Å²) < 4.78 is 1.61. The number of carbonyl (C=O) groups excluding carboxylic acids is 1. The molecule has 0 aliphatic carbocycles. The zero-order valence-corrected chi connectivity index (χ0v) is 18.4. The first-order valence-corrected chi connectivity index (χ1v) is 11.1. The van der Waals surface area contributed by atoms with Crippen molar-refractivity contribution in [3.05, 3.63) is 52.1 Å². The van der Waals surface area contributed by atoms with Crippen LogP contribution in [0.15, 0.2) is 51.7 Å². The van der Waals surface area contributed by atoms with Crippen LogP contribution < -0.4 is 5.56 Å². The maximum atomic E-state index is 13.1. The van der Waals surface area contributed by atoms with Crippen molar-refractivity contribution in [3.63, 3.8) is 0 Å². The second-order valence-electron chi connectivity index (χ2n) is 7.20. The number of hydrogen-bond acceptors (Lipinski definition) is 5. The second kappa shape index (κ2) is 8.49. The number of thiophene rings is 1. The molecule has 148 valence electrons. The quantitative estimate of drug-likeness (QED) is 0.437. The van der Waals surface area contributed by atoms with Gasteiger partial charge in [0.05, 0.1) is 16.3 Å². The average molecular weight is 416 g/mol. The van der Waals surface area contributed by atoms with E-state index in [0.29, 0.717) is 15.4 Å². The molecule has 0 unspecified atom stereocenters. The van der Waals surface area contributed by atoms with E-state index >= 15 is 0 Å². The number of aromatic nitrogens is 2. The molecule has 3 aromatic rings. The lowest BCUT2D eigenvalue weighted by Gasteiger charge is -2.33. The second-order valence-corrected chi connectivity index (χ2v) is 9.41. The molecule has 1 atom stereocenters. The van der Waals surface area contributed by atoms with Gasteiger partial charge < -0.3 is 4.90 Å². The Morgan fingerprint density at radius 2 is 1.71 bits per heavy atom. The third-order valence-corrected chi connectivity index (χ3v) is 6.32. The number of para-hydroxylation sites is 1. The number of benzene rings is 1. The van der Waals surface area contributed by atoms with Crippen LogP contribution in [-0.2, 0) is 4.79 Å². The first-order valence-electron chi connectivity index (χ1n) is 9.35. The van der Waals surface area contributed by atoms with E-state index in [1.807, 2.05) is 75.2 Å². The highest BCUT2D eigenvalue weighted by atomic mass is 32.2. The van der Waals surface area contributed by atoms with Gasteiger partial charge in [-0.25, -0.2) is 4.98 Å². The van der Waals surface area contributed by atoms with Crippen LogP contribution in [-0.4, -0.2) is 37.7 Å². The van der Waals surface area contributed by atoms with Crippen molar-refractivity contribution in [3.8, 4) is 5.69 Å². The molecule has 2 aromatic heterocycles. The molecular formula is C21H25N3O2S2. The third-order valence-electron chi connectivity index (χ3n) is 4.48. The molecule has 0 aliphatic heterocycles. The Morgan fingerprint density at radius 1 is 1.07 bits per heavy atom. The number of rotatable bonds is 6. The van der Waals surface area contributed by atoms with Crippen molar-refractivity contribution in [1.29, 1.82) is 0 Å². The molecule has 0 saturated carbocycles. The Morgan fingerprint density at radius 3 is 2.32 bits per heavy atom. The van der Waals surface area contributed by atoms with E-state index in [-0.39, 0.29) is 28.8 Å². The first kappa shape index (κ1) is 20.6. The largest absolute Gasteiger partial charge is 0.337 e. The molecule has 2 heterocycles. The van der Waals surface area contributed by atoms with Gasteiger partial charge in [-0.1, -0.05) is 30.0 Å². The summed E-state index contributed by atoms with van der Waals surface area (Å²) in [7, 11) is 0. The highest BCUT2D eigenvalue weighted by molar-refractivity contribution is 8.00. The smallest absolute Gasteiger partial charge is 0.267 e. The maximum Gasteiger partial charge on any atom is 0.267 e. The number of nitrogens with zero attached hydrogens (tertiary/aromatic N) is 3. The summed E-state index contributed by atoms with van der Waals surface area (Å²) in [4.78, 5) is 33.5. The molecule has 1 amide bonds. The van der Waals surface area contributed by atoms with Crippen LogP contribution in [0.25, 0.3) is 15.9 Å². The van der Waals surface area contributed by atoms with Crippen LogP contribution in [0.3, 0.4) is 0 Å². The van der Waals surface area contributed by atoms with Crippen LogP contribution >= 0.6 is 23.1 Å². The van der Waals surface area contributed by atoms with Crippen molar-refractivity contribution in [2.45, 2.75) is 57.1 Å². The summed E-state index contributed by atoms with van der Waals surface area (Å²) in [6.07, 6.45) is 0. The molecule has 3 rings (SSSR count). The number of carbonyl (C=O) groups is 1. The first-order chi connectivity index (χ1) is 13.3. The van der Waals surface area contributed by atoms with Crippen molar-refractivity contribution in [2.24, 2.45) is 0 Å². The Kier molecular flexibility index (Phi) is 6.25. The summed E-state index contributed by atoms with van der Waals surface area (Å²) in [5, 5.41) is 2.66. The van der Waals surface area contributed by atoms with Gasteiger partial charge in [-0.05, 0) is 58.2 Å². The van der Waals surface area contributed by atoms with Gasteiger partial charge in [0.15, 0.2) is 5.16 Å². The van der Waals surface area contributed by atoms with Crippen molar-refractivity contribution >= 4 is 39.2 Å². The van der Waals surface area contributed by atoms with E-state index in [2.05, 4.69) is 0 Å². The SMILES string of the molecule is CC(C)N(C(=O)[C@@H](C)Sc1nc2sccc2c(=O)n1-c1ccccc1)C(C)C. The summed E-state index contributed by atoms with van der Waals surface area (Å²) in [6, 6.07) is 11.5. The van der Waals surface area contributed by atoms with Gasteiger partial charge in [-0.3, -0.25) is 14.2 Å². The van der Waals surface area contributed by atoms with Gasteiger partial charge in [-0.2, -0.15) is 0 Å². The van der Waals surface area contributed by atoms with Crippen LogP contribution in [0.4, 0.5) is 0 Å². The van der Waals surface area contributed by atoms with Gasteiger partial charge in [-0.15, -0.1) is 11.3 Å².